The average Bonchev–Trinajstić information content (AvgIpc) is 2.99. The molecule has 0 amide bonds. The van der Waals surface area contributed by atoms with Crippen LogP contribution in [0.1, 0.15) is 53.5 Å². The van der Waals surface area contributed by atoms with E-state index in [0.717, 1.165) is 34.8 Å². The van der Waals surface area contributed by atoms with E-state index in [4.69, 9.17) is 4.74 Å². The molecular weight excluding hydrogens is 222 g/mol. The average molecular weight is 239 g/mol. The second-order valence-corrected chi connectivity index (χ2v) is 5.83. The standard InChI is InChI=1S/C12H17NO2S/c1-15-10(7-5-6-7)12-13-8-3-2-4-9(14)11(8)16-12/h7,9-10,14H,2-6H2,1H3. The summed E-state index contributed by atoms with van der Waals surface area (Å²) in [4.78, 5) is 5.75. The fourth-order valence-electron chi connectivity index (χ4n) is 2.43. The zero-order chi connectivity index (χ0) is 11.1. The van der Waals surface area contributed by atoms with E-state index in [1.165, 1.54) is 12.8 Å². The highest BCUT2D eigenvalue weighted by Gasteiger charge is 2.36. The second-order valence-electron chi connectivity index (χ2n) is 4.76. The summed E-state index contributed by atoms with van der Waals surface area (Å²) in [6.07, 6.45) is 5.35. The normalized spacial score (nSPS) is 26.5. The molecule has 1 N–H and O–H groups in total. The van der Waals surface area contributed by atoms with Gasteiger partial charge in [-0.15, -0.1) is 11.3 Å². The Morgan fingerprint density at radius 3 is 2.88 bits per heavy atom. The first kappa shape index (κ1) is 10.7. The van der Waals surface area contributed by atoms with Crippen LogP contribution >= 0.6 is 11.3 Å². The number of aryl methyl sites for hydroxylation is 1. The number of hydrogen-bond acceptors (Lipinski definition) is 4. The zero-order valence-corrected chi connectivity index (χ0v) is 10.3. The fourth-order valence-corrected chi connectivity index (χ4v) is 3.74. The molecule has 2 atom stereocenters. The van der Waals surface area contributed by atoms with E-state index in [0.29, 0.717) is 5.92 Å². The molecule has 2 aliphatic carbocycles. The Labute approximate surface area is 99.5 Å². The maximum atomic E-state index is 9.91. The smallest absolute Gasteiger partial charge is 0.122 e. The molecule has 0 aliphatic heterocycles. The number of nitrogens with zero attached hydrogens (tertiary/aromatic N) is 1. The molecule has 16 heavy (non-hydrogen) atoms. The van der Waals surface area contributed by atoms with Crippen LogP contribution in [-0.2, 0) is 11.2 Å². The lowest BCUT2D eigenvalue weighted by Crippen LogP contribution is -2.06. The lowest BCUT2D eigenvalue weighted by atomic mass is 10.0. The molecule has 2 aliphatic rings. The van der Waals surface area contributed by atoms with E-state index < -0.39 is 0 Å². The van der Waals surface area contributed by atoms with Crippen molar-refractivity contribution in [1.82, 2.24) is 4.98 Å². The summed E-state index contributed by atoms with van der Waals surface area (Å²) < 4.78 is 5.54. The van der Waals surface area contributed by atoms with E-state index in [1.54, 1.807) is 18.4 Å². The molecule has 1 aromatic heterocycles. The highest BCUT2D eigenvalue weighted by atomic mass is 32.1. The van der Waals surface area contributed by atoms with Crippen LogP contribution in [0.25, 0.3) is 0 Å². The third-order valence-corrected chi connectivity index (χ3v) is 4.75. The van der Waals surface area contributed by atoms with Crippen molar-refractivity contribution in [1.29, 1.82) is 0 Å². The van der Waals surface area contributed by atoms with Gasteiger partial charge in [0.2, 0.25) is 0 Å². The van der Waals surface area contributed by atoms with Gasteiger partial charge in [0.15, 0.2) is 0 Å². The molecule has 2 unspecified atom stereocenters. The Bertz CT molecular complexity index is 386. The third-order valence-electron chi connectivity index (χ3n) is 3.49. The van der Waals surface area contributed by atoms with Crippen molar-refractivity contribution in [2.24, 2.45) is 5.92 Å². The van der Waals surface area contributed by atoms with E-state index in [2.05, 4.69) is 4.98 Å². The van der Waals surface area contributed by atoms with Crippen molar-refractivity contribution >= 4 is 11.3 Å². The van der Waals surface area contributed by atoms with Crippen molar-refractivity contribution in [2.75, 3.05) is 7.11 Å². The summed E-state index contributed by atoms with van der Waals surface area (Å²) in [6.45, 7) is 0. The van der Waals surface area contributed by atoms with Crippen LogP contribution in [0, 0.1) is 5.92 Å². The Hall–Kier alpha value is -0.450. The molecule has 1 aromatic rings. The molecule has 0 radical (unpaired) electrons. The third kappa shape index (κ3) is 1.79. The molecule has 88 valence electrons. The number of aromatic nitrogens is 1. The maximum absolute atomic E-state index is 9.91. The number of thiazole rings is 1. The van der Waals surface area contributed by atoms with Gasteiger partial charge in [0.1, 0.15) is 11.1 Å². The molecule has 1 fully saturated rings. The van der Waals surface area contributed by atoms with Crippen molar-refractivity contribution < 1.29 is 9.84 Å². The van der Waals surface area contributed by atoms with Gasteiger partial charge in [0.25, 0.3) is 0 Å². The monoisotopic (exact) mass is 239 g/mol. The SMILES string of the molecule is COC(c1nc2c(s1)C(O)CCC2)C1CC1. The number of aliphatic hydroxyl groups is 1. The van der Waals surface area contributed by atoms with E-state index in [9.17, 15) is 5.11 Å². The first-order valence-electron chi connectivity index (χ1n) is 6.00. The number of aliphatic hydroxyl groups excluding tert-OH is 1. The number of ether oxygens (including phenoxy) is 1. The molecule has 0 aromatic carbocycles. The minimum Gasteiger partial charge on any atom is -0.388 e. The predicted octanol–water partition coefficient (Wildman–Crippen LogP) is 2.61. The van der Waals surface area contributed by atoms with E-state index >= 15 is 0 Å². The van der Waals surface area contributed by atoms with Crippen molar-refractivity contribution in [3.63, 3.8) is 0 Å². The van der Waals surface area contributed by atoms with Gasteiger partial charge in [-0.2, -0.15) is 0 Å². The molecule has 0 bridgehead atoms. The summed E-state index contributed by atoms with van der Waals surface area (Å²) >= 11 is 1.66. The summed E-state index contributed by atoms with van der Waals surface area (Å²) in [5.74, 6) is 0.662. The van der Waals surface area contributed by atoms with Gasteiger partial charge >= 0.3 is 0 Å². The topological polar surface area (TPSA) is 42.4 Å². The number of rotatable bonds is 3. The van der Waals surface area contributed by atoms with Crippen LogP contribution in [0.15, 0.2) is 0 Å². The van der Waals surface area contributed by atoms with Gasteiger partial charge in [-0.3, -0.25) is 0 Å². The highest BCUT2D eigenvalue weighted by Crippen LogP contribution is 2.46. The summed E-state index contributed by atoms with van der Waals surface area (Å²) in [6, 6.07) is 0. The Balaban J connectivity index is 1.90. The van der Waals surface area contributed by atoms with E-state index in [-0.39, 0.29) is 12.2 Å². The fraction of sp³-hybridized carbons (Fsp3) is 0.750. The molecule has 3 nitrogen and oxygen atoms in total. The minimum atomic E-state index is -0.285. The quantitative estimate of drug-likeness (QED) is 0.881. The molecular formula is C12H17NO2S. The van der Waals surface area contributed by atoms with Gasteiger partial charge in [0.05, 0.1) is 16.7 Å². The first-order chi connectivity index (χ1) is 7.79. The molecule has 1 saturated carbocycles. The summed E-state index contributed by atoms with van der Waals surface area (Å²) in [5.41, 5.74) is 1.11. The van der Waals surface area contributed by atoms with Gasteiger partial charge < -0.3 is 9.84 Å². The lowest BCUT2D eigenvalue weighted by Gasteiger charge is -2.14. The van der Waals surface area contributed by atoms with Gasteiger partial charge in [-0.05, 0) is 38.0 Å². The molecule has 3 rings (SSSR count). The zero-order valence-electron chi connectivity index (χ0n) is 9.48. The van der Waals surface area contributed by atoms with Crippen LogP contribution in [-0.4, -0.2) is 17.2 Å². The van der Waals surface area contributed by atoms with E-state index in [1.807, 2.05) is 0 Å². The number of fused-ring (bicyclic) bond motifs is 1. The maximum Gasteiger partial charge on any atom is 0.122 e. The van der Waals surface area contributed by atoms with Crippen LogP contribution in [0.4, 0.5) is 0 Å². The molecule has 4 heteroatoms. The van der Waals surface area contributed by atoms with Crippen molar-refractivity contribution in [3.8, 4) is 0 Å². The molecule has 1 heterocycles. The van der Waals surface area contributed by atoms with Crippen LogP contribution in [0.2, 0.25) is 0 Å². The van der Waals surface area contributed by atoms with Crippen LogP contribution in [0.5, 0.6) is 0 Å². The Morgan fingerprint density at radius 2 is 2.25 bits per heavy atom. The highest BCUT2D eigenvalue weighted by molar-refractivity contribution is 7.11. The lowest BCUT2D eigenvalue weighted by molar-refractivity contribution is 0.0842. The van der Waals surface area contributed by atoms with Gasteiger partial charge in [-0.25, -0.2) is 4.98 Å². The predicted molar refractivity (Wildman–Crippen MR) is 62.5 cm³/mol. The Morgan fingerprint density at radius 1 is 1.44 bits per heavy atom. The first-order valence-corrected chi connectivity index (χ1v) is 6.81. The number of methoxy groups -OCH3 is 1. The minimum absolute atomic E-state index is 0.169. The second kappa shape index (κ2) is 4.09. The number of hydrogen-bond donors (Lipinski definition) is 1. The van der Waals surface area contributed by atoms with Crippen molar-refractivity contribution in [3.05, 3.63) is 15.6 Å². The van der Waals surface area contributed by atoms with Crippen LogP contribution < -0.4 is 0 Å². The van der Waals surface area contributed by atoms with Gasteiger partial charge in [-0.1, -0.05) is 0 Å². The Kier molecular flexibility index (Phi) is 2.73. The largest absolute Gasteiger partial charge is 0.388 e. The molecule has 0 spiro atoms. The van der Waals surface area contributed by atoms with Crippen molar-refractivity contribution in [2.45, 2.75) is 44.3 Å². The summed E-state index contributed by atoms with van der Waals surface area (Å²) in [7, 11) is 1.76. The summed E-state index contributed by atoms with van der Waals surface area (Å²) in [5, 5.41) is 11.0. The molecule has 0 saturated heterocycles. The van der Waals surface area contributed by atoms with Crippen LogP contribution in [0.3, 0.4) is 0 Å². The van der Waals surface area contributed by atoms with Gasteiger partial charge in [0, 0.05) is 7.11 Å².